The van der Waals surface area contributed by atoms with Crippen molar-refractivity contribution in [2.24, 2.45) is 0 Å². The van der Waals surface area contributed by atoms with Crippen LogP contribution in [0.4, 0.5) is 0 Å². The lowest BCUT2D eigenvalue weighted by atomic mass is 10.00. The van der Waals surface area contributed by atoms with Crippen LogP contribution < -0.4 is 10.5 Å². The molecule has 4 aromatic rings. The highest BCUT2D eigenvalue weighted by molar-refractivity contribution is 5.80. The highest BCUT2D eigenvalue weighted by atomic mass is 16.5. The Bertz CT molecular complexity index is 1300. The number of nitrogens with zero attached hydrogens (tertiary/aromatic N) is 4. The number of carbonyl (C=O) groups excluding carboxylic acids is 1. The van der Waals surface area contributed by atoms with Gasteiger partial charge >= 0.3 is 5.76 Å². The molecule has 1 aliphatic rings. The van der Waals surface area contributed by atoms with E-state index in [0.717, 1.165) is 11.3 Å². The van der Waals surface area contributed by atoms with Gasteiger partial charge in [0.15, 0.2) is 11.4 Å². The topological polar surface area (TPSA) is 104 Å². The number of ether oxygens (including phenoxy) is 1. The van der Waals surface area contributed by atoms with Crippen LogP contribution in [0.5, 0.6) is 5.75 Å². The number of aromatic nitrogens is 3. The Morgan fingerprint density at radius 2 is 1.94 bits per heavy atom. The first-order chi connectivity index (χ1) is 15.1. The monoisotopic (exact) mass is 420 g/mol. The number of hydrogen-bond acceptors (Lipinski definition) is 7. The fourth-order valence-corrected chi connectivity index (χ4v) is 3.76. The van der Waals surface area contributed by atoms with E-state index in [0.29, 0.717) is 42.3 Å². The van der Waals surface area contributed by atoms with Gasteiger partial charge in [-0.25, -0.2) is 4.79 Å². The molecular formula is C22H20N4O5. The maximum atomic E-state index is 12.6. The number of methoxy groups -OCH3 is 1. The van der Waals surface area contributed by atoms with E-state index in [1.807, 2.05) is 24.3 Å². The Morgan fingerprint density at radius 3 is 2.77 bits per heavy atom. The van der Waals surface area contributed by atoms with Gasteiger partial charge in [-0.2, -0.15) is 4.98 Å². The van der Waals surface area contributed by atoms with Gasteiger partial charge < -0.3 is 18.6 Å². The van der Waals surface area contributed by atoms with Gasteiger partial charge in [0, 0.05) is 25.1 Å². The van der Waals surface area contributed by atoms with E-state index in [9.17, 15) is 9.59 Å². The van der Waals surface area contributed by atoms with Crippen molar-refractivity contribution in [1.29, 1.82) is 0 Å². The summed E-state index contributed by atoms with van der Waals surface area (Å²) in [6, 6.07) is 14.7. The van der Waals surface area contributed by atoms with E-state index in [4.69, 9.17) is 13.7 Å². The summed E-state index contributed by atoms with van der Waals surface area (Å²) in [5.41, 5.74) is 2.05. The van der Waals surface area contributed by atoms with Crippen molar-refractivity contribution in [3.63, 3.8) is 0 Å². The van der Waals surface area contributed by atoms with Crippen molar-refractivity contribution in [3.8, 4) is 5.75 Å². The number of rotatable bonds is 6. The summed E-state index contributed by atoms with van der Waals surface area (Å²) in [6.45, 7) is 0.880. The van der Waals surface area contributed by atoms with Crippen LogP contribution in [-0.4, -0.2) is 45.7 Å². The number of oxazole rings is 1. The van der Waals surface area contributed by atoms with Gasteiger partial charge in [-0.15, -0.1) is 0 Å². The lowest BCUT2D eigenvalue weighted by Crippen LogP contribution is -2.50. The van der Waals surface area contributed by atoms with E-state index in [1.54, 1.807) is 36.3 Å². The molecule has 0 spiro atoms. The first-order valence-corrected chi connectivity index (χ1v) is 9.93. The third-order valence-corrected chi connectivity index (χ3v) is 5.48. The summed E-state index contributed by atoms with van der Waals surface area (Å²) in [6.07, 6.45) is 0.499. The molecule has 1 amide bonds. The second-order valence-corrected chi connectivity index (χ2v) is 7.45. The predicted molar refractivity (Wildman–Crippen MR) is 110 cm³/mol. The van der Waals surface area contributed by atoms with Gasteiger partial charge in [0.2, 0.25) is 11.8 Å². The first-order valence-electron chi connectivity index (χ1n) is 9.93. The SMILES string of the molecule is COc1ccccc1Cc1noc(C2CN(C(=O)Cn3c(=O)oc4ccccc43)C2)n1. The van der Waals surface area contributed by atoms with Crippen LogP contribution in [-0.2, 0) is 17.8 Å². The standard InChI is InChI=1S/C22H20N4O5/c1-29-17-8-4-2-6-14(17)10-19-23-21(31-24-19)15-11-25(12-15)20(27)13-26-16-7-3-5-9-18(16)30-22(26)28/h2-9,15H,10-13H2,1H3. The van der Waals surface area contributed by atoms with Crippen LogP contribution >= 0.6 is 0 Å². The molecule has 1 saturated heterocycles. The molecule has 0 unspecified atom stereocenters. The molecule has 0 aliphatic carbocycles. The van der Waals surface area contributed by atoms with Crippen molar-refractivity contribution >= 4 is 17.0 Å². The summed E-state index contributed by atoms with van der Waals surface area (Å²) >= 11 is 0. The molecule has 1 fully saturated rings. The molecule has 2 aromatic heterocycles. The highest BCUT2D eigenvalue weighted by Crippen LogP contribution is 2.27. The minimum Gasteiger partial charge on any atom is -0.496 e. The Balaban J connectivity index is 1.21. The van der Waals surface area contributed by atoms with Crippen LogP contribution in [0.3, 0.4) is 0 Å². The summed E-state index contributed by atoms with van der Waals surface area (Å²) < 4.78 is 17.3. The van der Waals surface area contributed by atoms with Crippen LogP contribution in [0.1, 0.15) is 23.2 Å². The summed E-state index contributed by atoms with van der Waals surface area (Å²) in [5, 5.41) is 4.06. The molecule has 0 N–H and O–H groups in total. The first kappa shape index (κ1) is 19.1. The molecule has 5 rings (SSSR count). The molecule has 3 heterocycles. The maximum absolute atomic E-state index is 12.6. The van der Waals surface area contributed by atoms with Gasteiger partial charge in [0.25, 0.3) is 0 Å². The van der Waals surface area contributed by atoms with E-state index >= 15 is 0 Å². The average Bonchev–Trinajstić information content (AvgIpc) is 3.32. The number of amides is 1. The van der Waals surface area contributed by atoms with E-state index < -0.39 is 5.76 Å². The normalized spacial score (nSPS) is 14.0. The van der Waals surface area contributed by atoms with Crippen molar-refractivity contribution in [3.05, 3.63) is 76.4 Å². The molecular weight excluding hydrogens is 400 g/mol. The number of carbonyl (C=O) groups is 1. The third-order valence-electron chi connectivity index (χ3n) is 5.48. The molecule has 0 radical (unpaired) electrons. The predicted octanol–water partition coefficient (Wildman–Crippen LogP) is 2.20. The highest BCUT2D eigenvalue weighted by Gasteiger charge is 2.36. The molecule has 9 heteroatoms. The number of likely N-dealkylation sites (tertiary alicyclic amines) is 1. The molecule has 158 valence electrons. The van der Waals surface area contributed by atoms with E-state index in [2.05, 4.69) is 10.1 Å². The zero-order chi connectivity index (χ0) is 21.4. The molecule has 9 nitrogen and oxygen atoms in total. The average molecular weight is 420 g/mol. The zero-order valence-electron chi connectivity index (χ0n) is 16.9. The minimum atomic E-state index is -0.537. The van der Waals surface area contributed by atoms with E-state index in [-0.39, 0.29) is 18.4 Å². The second kappa shape index (κ2) is 7.75. The largest absolute Gasteiger partial charge is 0.496 e. The molecule has 0 bridgehead atoms. The van der Waals surface area contributed by atoms with E-state index in [1.165, 1.54) is 4.57 Å². The number of para-hydroxylation sites is 3. The van der Waals surface area contributed by atoms with Crippen LogP contribution in [0.25, 0.3) is 11.1 Å². The van der Waals surface area contributed by atoms with Gasteiger partial charge in [0.05, 0.1) is 18.5 Å². The smallest absolute Gasteiger partial charge is 0.420 e. The fourth-order valence-electron chi connectivity index (χ4n) is 3.76. The van der Waals surface area contributed by atoms with Gasteiger partial charge in [-0.05, 0) is 18.2 Å². The second-order valence-electron chi connectivity index (χ2n) is 7.45. The van der Waals surface area contributed by atoms with Crippen molar-refractivity contribution in [1.82, 2.24) is 19.6 Å². The summed E-state index contributed by atoms with van der Waals surface area (Å²) in [4.78, 5) is 30.9. The molecule has 2 aromatic carbocycles. The molecule has 0 atom stereocenters. The molecule has 31 heavy (non-hydrogen) atoms. The zero-order valence-corrected chi connectivity index (χ0v) is 16.9. The number of hydrogen-bond donors (Lipinski definition) is 0. The quantitative estimate of drug-likeness (QED) is 0.471. The van der Waals surface area contributed by atoms with Gasteiger partial charge in [-0.3, -0.25) is 9.36 Å². The van der Waals surface area contributed by atoms with Crippen molar-refractivity contribution < 1.29 is 18.5 Å². The van der Waals surface area contributed by atoms with Crippen LogP contribution in [0.15, 0.2) is 62.3 Å². The Hall–Kier alpha value is -3.88. The third kappa shape index (κ3) is 3.58. The molecule has 0 saturated carbocycles. The van der Waals surface area contributed by atoms with Crippen LogP contribution in [0.2, 0.25) is 0 Å². The lowest BCUT2D eigenvalue weighted by Gasteiger charge is -2.37. The maximum Gasteiger partial charge on any atom is 0.420 e. The van der Waals surface area contributed by atoms with Crippen LogP contribution in [0, 0.1) is 0 Å². The summed E-state index contributed by atoms with van der Waals surface area (Å²) in [7, 11) is 1.63. The van der Waals surface area contributed by atoms with Crippen molar-refractivity contribution in [2.45, 2.75) is 18.9 Å². The van der Waals surface area contributed by atoms with Crippen molar-refractivity contribution in [2.75, 3.05) is 20.2 Å². The molecule has 1 aliphatic heterocycles. The van der Waals surface area contributed by atoms with Gasteiger partial charge in [0.1, 0.15) is 12.3 Å². The summed E-state index contributed by atoms with van der Waals surface area (Å²) in [5.74, 6) is 1.15. The number of benzene rings is 2. The fraction of sp³-hybridized carbons (Fsp3) is 0.273. The Labute approximate surface area is 176 Å². The Morgan fingerprint density at radius 1 is 1.16 bits per heavy atom. The van der Waals surface area contributed by atoms with Gasteiger partial charge in [-0.1, -0.05) is 35.5 Å². The number of fused-ring (bicyclic) bond motifs is 1. The lowest BCUT2D eigenvalue weighted by molar-refractivity contribution is -0.136. The minimum absolute atomic E-state index is 0.0133. The Kier molecular flexibility index (Phi) is 4.78.